The monoisotopic (exact) mass is 401 g/mol. The molecular weight excluding hydrogens is 382 g/mol. The number of carbonyl (C=O) groups excluding carboxylic acids is 1. The number of thioether (sulfide) groups is 1. The summed E-state index contributed by atoms with van der Waals surface area (Å²) in [4.78, 5) is 29.8. The van der Waals surface area contributed by atoms with E-state index < -0.39 is 0 Å². The Morgan fingerprint density at radius 2 is 2.00 bits per heavy atom. The first kappa shape index (κ1) is 19.5. The molecule has 0 saturated heterocycles. The quantitative estimate of drug-likeness (QED) is 0.502. The molecule has 2 aromatic carbocycles. The number of benzene rings is 2. The Morgan fingerprint density at radius 3 is 2.74 bits per heavy atom. The van der Waals surface area contributed by atoms with Crippen LogP contribution in [0.1, 0.15) is 13.8 Å². The number of aromatic nitrogens is 2. The SMILES string of the molecule is CC(C)CNC(=O)CSc1nc2ccccc2c(=O)n1-c1cccc(Cl)c1. The summed E-state index contributed by atoms with van der Waals surface area (Å²) in [5.74, 6) is 0.467. The average Bonchev–Trinajstić information content (AvgIpc) is 2.64. The average molecular weight is 402 g/mol. The molecule has 0 fully saturated rings. The van der Waals surface area contributed by atoms with Crippen molar-refractivity contribution >= 4 is 40.2 Å². The third-order valence-corrected chi connectivity index (χ3v) is 5.02. The number of hydrogen-bond donors (Lipinski definition) is 1. The molecule has 27 heavy (non-hydrogen) atoms. The Balaban J connectivity index is 2.01. The van der Waals surface area contributed by atoms with E-state index in [1.807, 2.05) is 19.9 Å². The van der Waals surface area contributed by atoms with Crippen LogP contribution in [-0.2, 0) is 4.79 Å². The summed E-state index contributed by atoms with van der Waals surface area (Å²) in [5.41, 5.74) is 1.04. The van der Waals surface area contributed by atoms with Crippen molar-refractivity contribution in [3.05, 3.63) is 63.9 Å². The minimum absolute atomic E-state index is 0.0891. The van der Waals surface area contributed by atoms with E-state index in [2.05, 4.69) is 10.3 Å². The molecule has 0 saturated carbocycles. The van der Waals surface area contributed by atoms with Crippen LogP contribution in [0.5, 0.6) is 0 Å². The van der Waals surface area contributed by atoms with Gasteiger partial charge in [0, 0.05) is 11.6 Å². The lowest BCUT2D eigenvalue weighted by molar-refractivity contribution is -0.118. The maximum Gasteiger partial charge on any atom is 0.266 e. The van der Waals surface area contributed by atoms with E-state index in [1.165, 1.54) is 16.3 Å². The second kappa shape index (κ2) is 8.59. The zero-order chi connectivity index (χ0) is 19.4. The molecule has 3 aromatic rings. The van der Waals surface area contributed by atoms with Crippen LogP contribution in [0.4, 0.5) is 0 Å². The lowest BCUT2D eigenvalue weighted by Gasteiger charge is -2.13. The van der Waals surface area contributed by atoms with Crippen LogP contribution in [0.15, 0.2) is 58.5 Å². The number of hydrogen-bond acceptors (Lipinski definition) is 4. The third-order valence-electron chi connectivity index (χ3n) is 3.85. The van der Waals surface area contributed by atoms with E-state index >= 15 is 0 Å². The van der Waals surface area contributed by atoms with Crippen molar-refractivity contribution in [2.75, 3.05) is 12.3 Å². The van der Waals surface area contributed by atoms with Gasteiger partial charge in [0.05, 0.1) is 22.3 Å². The van der Waals surface area contributed by atoms with Crippen LogP contribution in [0.25, 0.3) is 16.6 Å². The molecule has 0 atom stereocenters. The molecule has 1 heterocycles. The van der Waals surface area contributed by atoms with Crippen molar-refractivity contribution in [2.24, 2.45) is 5.92 Å². The van der Waals surface area contributed by atoms with Crippen LogP contribution < -0.4 is 10.9 Å². The smallest absolute Gasteiger partial charge is 0.266 e. The summed E-state index contributed by atoms with van der Waals surface area (Å²) in [5, 5.41) is 4.38. The number of carbonyl (C=O) groups is 1. The Morgan fingerprint density at radius 1 is 1.22 bits per heavy atom. The van der Waals surface area contributed by atoms with Crippen LogP contribution in [-0.4, -0.2) is 27.8 Å². The Labute approximate surface area is 166 Å². The van der Waals surface area contributed by atoms with E-state index in [9.17, 15) is 9.59 Å². The molecule has 1 amide bonds. The standard InChI is InChI=1S/C20H20ClN3O2S/c1-13(2)11-22-18(25)12-27-20-23-17-9-4-3-8-16(17)19(26)24(20)15-7-5-6-14(21)10-15/h3-10,13H,11-12H2,1-2H3,(H,22,25). The minimum Gasteiger partial charge on any atom is -0.355 e. The Bertz CT molecular complexity index is 1030. The van der Waals surface area contributed by atoms with Gasteiger partial charge >= 0.3 is 0 Å². The summed E-state index contributed by atoms with van der Waals surface area (Å²) in [7, 11) is 0. The van der Waals surface area contributed by atoms with Crippen LogP contribution in [0.3, 0.4) is 0 Å². The molecule has 7 heteroatoms. The fourth-order valence-electron chi connectivity index (χ4n) is 2.55. The van der Waals surface area contributed by atoms with Crippen LogP contribution >= 0.6 is 23.4 Å². The van der Waals surface area contributed by atoms with Gasteiger partial charge in [-0.2, -0.15) is 0 Å². The van der Waals surface area contributed by atoms with Crippen molar-refractivity contribution < 1.29 is 4.79 Å². The van der Waals surface area contributed by atoms with Gasteiger partial charge in [-0.05, 0) is 36.2 Å². The van der Waals surface area contributed by atoms with Crippen molar-refractivity contribution in [1.29, 1.82) is 0 Å². The number of nitrogens with zero attached hydrogens (tertiary/aromatic N) is 2. The van der Waals surface area contributed by atoms with E-state index in [-0.39, 0.29) is 17.2 Å². The van der Waals surface area contributed by atoms with Crippen molar-refractivity contribution in [3.63, 3.8) is 0 Å². The predicted octanol–water partition coefficient (Wildman–Crippen LogP) is 3.90. The summed E-state index contributed by atoms with van der Waals surface area (Å²) >= 11 is 7.34. The molecule has 1 N–H and O–H groups in total. The molecule has 0 radical (unpaired) electrons. The molecule has 0 spiro atoms. The fourth-order valence-corrected chi connectivity index (χ4v) is 3.58. The number of rotatable bonds is 6. The van der Waals surface area contributed by atoms with Gasteiger partial charge in [0.15, 0.2) is 5.16 Å². The second-order valence-corrected chi connectivity index (χ2v) is 7.90. The molecule has 0 aliphatic carbocycles. The predicted molar refractivity (Wildman–Crippen MR) is 111 cm³/mol. The molecule has 0 aliphatic rings. The van der Waals surface area contributed by atoms with Gasteiger partial charge in [-0.25, -0.2) is 4.98 Å². The maximum atomic E-state index is 13.1. The highest BCUT2D eigenvalue weighted by molar-refractivity contribution is 7.99. The minimum atomic E-state index is -0.187. The van der Waals surface area contributed by atoms with Gasteiger partial charge in [-0.15, -0.1) is 0 Å². The molecule has 1 aromatic heterocycles. The molecule has 5 nitrogen and oxygen atoms in total. The van der Waals surface area contributed by atoms with Gasteiger partial charge < -0.3 is 5.32 Å². The fraction of sp³-hybridized carbons (Fsp3) is 0.250. The van der Waals surface area contributed by atoms with Gasteiger partial charge in [0.25, 0.3) is 5.56 Å². The van der Waals surface area contributed by atoms with Crippen molar-refractivity contribution in [2.45, 2.75) is 19.0 Å². The molecule has 0 unspecified atom stereocenters. The largest absolute Gasteiger partial charge is 0.355 e. The number of fused-ring (bicyclic) bond motifs is 1. The Hall–Kier alpha value is -2.31. The number of halogens is 1. The van der Waals surface area contributed by atoms with Gasteiger partial charge in [0.2, 0.25) is 5.91 Å². The van der Waals surface area contributed by atoms with Gasteiger partial charge in [-0.1, -0.05) is 55.4 Å². The summed E-state index contributed by atoms with van der Waals surface area (Å²) in [6.45, 7) is 4.69. The molecule has 0 aliphatic heterocycles. The maximum absolute atomic E-state index is 13.1. The third kappa shape index (κ3) is 4.70. The normalized spacial score (nSPS) is 11.1. The zero-order valence-electron chi connectivity index (χ0n) is 15.1. The highest BCUT2D eigenvalue weighted by Crippen LogP contribution is 2.22. The van der Waals surface area contributed by atoms with E-state index in [0.717, 1.165) is 0 Å². The Kier molecular flexibility index (Phi) is 6.19. The summed E-state index contributed by atoms with van der Waals surface area (Å²) in [6.07, 6.45) is 0. The topological polar surface area (TPSA) is 64.0 Å². The summed E-state index contributed by atoms with van der Waals surface area (Å²) in [6, 6.07) is 14.2. The highest BCUT2D eigenvalue weighted by Gasteiger charge is 2.15. The first-order chi connectivity index (χ1) is 13.0. The molecular formula is C20H20ClN3O2S. The van der Waals surface area contributed by atoms with Crippen molar-refractivity contribution in [3.8, 4) is 5.69 Å². The zero-order valence-corrected chi connectivity index (χ0v) is 16.7. The lowest BCUT2D eigenvalue weighted by Crippen LogP contribution is -2.29. The van der Waals surface area contributed by atoms with Crippen LogP contribution in [0.2, 0.25) is 5.02 Å². The van der Waals surface area contributed by atoms with E-state index in [4.69, 9.17) is 11.6 Å². The first-order valence-corrected chi connectivity index (χ1v) is 9.99. The molecule has 140 valence electrons. The van der Waals surface area contributed by atoms with Crippen LogP contribution in [0, 0.1) is 5.92 Å². The summed E-state index contributed by atoms with van der Waals surface area (Å²) < 4.78 is 1.51. The van der Waals surface area contributed by atoms with Gasteiger partial charge in [0.1, 0.15) is 0 Å². The number of nitrogens with one attached hydrogen (secondary N) is 1. The second-order valence-electron chi connectivity index (χ2n) is 6.52. The van der Waals surface area contributed by atoms with E-state index in [1.54, 1.807) is 42.5 Å². The molecule has 3 rings (SSSR count). The van der Waals surface area contributed by atoms with Crippen molar-refractivity contribution in [1.82, 2.24) is 14.9 Å². The van der Waals surface area contributed by atoms with Gasteiger partial charge in [-0.3, -0.25) is 14.2 Å². The lowest BCUT2D eigenvalue weighted by atomic mass is 10.2. The van der Waals surface area contributed by atoms with E-state index in [0.29, 0.717) is 39.2 Å². The first-order valence-electron chi connectivity index (χ1n) is 8.63. The number of amides is 1. The number of para-hydroxylation sites is 1. The highest BCUT2D eigenvalue weighted by atomic mass is 35.5. The molecule has 0 bridgehead atoms.